The molecular weight excluding hydrogens is 490 g/mol. The van der Waals surface area contributed by atoms with Crippen LogP contribution >= 0.6 is 0 Å². The Morgan fingerprint density at radius 3 is 2.49 bits per heavy atom. The number of hydrogen-bond donors (Lipinski definition) is 0. The molecule has 6 rings (SSSR count). The van der Waals surface area contributed by atoms with Crippen LogP contribution in [0.5, 0.6) is 11.5 Å². The minimum absolute atomic E-state index is 0.0370. The highest BCUT2D eigenvalue weighted by atomic mass is 16.7. The van der Waals surface area contributed by atoms with Crippen LogP contribution in [0, 0.1) is 6.92 Å². The van der Waals surface area contributed by atoms with E-state index in [1.54, 1.807) is 23.1 Å². The molecule has 0 radical (unpaired) electrons. The zero-order valence-electron chi connectivity index (χ0n) is 22.2. The van der Waals surface area contributed by atoms with Crippen molar-refractivity contribution in [2.24, 2.45) is 0 Å². The molecule has 2 amide bonds. The summed E-state index contributed by atoms with van der Waals surface area (Å²) in [6, 6.07) is 25.2. The lowest BCUT2D eigenvalue weighted by atomic mass is 9.97. The predicted molar refractivity (Wildman–Crippen MR) is 150 cm³/mol. The minimum atomic E-state index is -0.323. The van der Waals surface area contributed by atoms with Gasteiger partial charge in [-0.3, -0.25) is 14.5 Å². The van der Waals surface area contributed by atoms with Crippen LogP contribution in [0.3, 0.4) is 0 Å². The standard InChI is InChI=1S/C32H31N3O4/c1-3-4-17-33(32(37)24-15-16-28-29(19-24)39-21-38-28)20-30(36)35-26-9-6-5-8-25(26)34-18-7-10-27(34)31(35)23-13-11-22(2)12-14-23/h5-16,18-19,31H,3-4,17,20-21H2,1-2H3. The molecule has 0 aliphatic carbocycles. The smallest absolute Gasteiger partial charge is 0.254 e. The Kier molecular flexibility index (Phi) is 6.57. The quantitative estimate of drug-likeness (QED) is 0.304. The van der Waals surface area contributed by atoms with Gasteiger partial charge >= 0.3 is 0 Å². The van der Waals surface area contributed by atoms with Crippen molar-refractivity contribution in [2.75, 3.05) is 24.8 Å². The van der Waals surface area contributed by atoms with Crippen molar-refractivity contribution in [3.05, 3.63) is 107 Å². The molecule has 7 nitrogen and oxygen atoms in total. The fourth-order valence-electron chi connectivity index (χ4n) is 5.38. The summed E-state index contributed by atoms with van der Waals surface area (Å²) in [5.41, 5.74) is 5.42. The summed E-state index contributed by atoms with van der Waals surface area (Å²) >= 11 is 0. The Morgan fingerprint density at radius 2 is 1.69 bits per heavy atom. The van der Waals surface area contributed by atoms with E-state index in [1.165, 1.54) is 0 Å². The second-order valence-electron chi connectivity index (χ2n) is 10.0. The van der Waals surface area contributed by atoms with Crippen LogP contribution < -0.4 is 14.4 Å². The topological polar surface area (TPSA) is 64.0 Å². The van der Waals surface area contributed by atoms with Crippen LogP contribution in [0.25, 0.3) is 5.69 Å². The molecule has 0 spiro atoms. The molecule has 0 N–H and O–H groups in total. The number of para-hydroxylation sites is 2. The summed E-state index contributed by atoms with van der Waals surface area (Å²) in [4.78, 5) is 31.6. The van der Waals surface area contributed by atoms with Crippen LogP contribution in [-0.4, -0.2) is 41.2 Å². The molecule has 1 aromatic heterocycles. The van der Waals surface area contributed by atoms with Crippen LogP contribution in [0.15, 0.2) is 85.1 Å². The van der Waals surface area contributed by atoms with Gasteiger partial charge in [0.25, 0.3) is 5.91 Å². The number of benzene rings is 3. The first kappa shape index (κ1) is 24.8. The van der Waals surface area contributed by atoms with Gasteiger partial charge in [0.2, 0.25) is 12.7 Å². The maximum absolute atomic E-state index is 14.3. The van der Waals surface area contributed by atoms with Gasteiger partial charge in [0.05, 0.1) is 17.1 Å². The number of fused-ring (bicyclic) bond motifs is 4. The van der Waals surface area contributed by atoms with Crippen molar-refractivity contribution in [1.82, 2.24) is 9.47 Å². The number of hydrogen-bond acceptors (Lipinski definition) is 4. The lowest BCUT2D eigenvalue weighted by Gasteiger charge is -2.39. The Morgan fingerprint density at radius 1 is 0.923 bits per heavy atom. The highest BCUT2D eigenvalue weighted by molar-refractivity contribution is 6.03. The van der Waals surface area contributed by atoms with Crippen LogP contribution in [0.2, 0.25) is 0 Å². The second kappa shape index (κ2) is 10.3. The van der Waals surface area contributed by atoms with Crippen LogP contribution in [0.1, 0.15) is 53.0 Å². The molecule has 3 heterocycles. The predicted octanol–water partition coefficient (Wildman–Crippen LogP) is 5.89. The zero-order valence-corrected chi connectivity index (χ0v) is 22.2. The summed E-state index contributed by atoms with van der Waals surface area (Å²) in [6.45, 7) is 4.72. The molecule has 4 aromatic rings. The summed E-state index contributed by atoms with van der Waals surface area (Å²) in [5.74, 6) is 0.839. The van der Waals surface area contributed by atoms with E-state index in [2.05, 4.69) is 48.7 Å². The van der Waals surface area contributed by atoms with E-state index < -0.39 is 0 Å². The third-order valence-electron chi connectivity index (χ3n) is 7.40. The lowest BCUT2D eigenvalue weighted by Crippen LogP contribution is -2.47. The number of rotatable bonds is 7. The Labute approximate surface area is 228 Å². The van der Waals surface area contributed by atoms with E-state index in [0.29, 0.717) is 23.6 Å². The van der Waals surface area contributed by atoms with Crippen LogP contribution in [0.4, 0.5) is 5.69 Å². The number of carbonyl (C=O) groups excluding carboxylic acids is 2. The first-order valence-electron chi connectivity index (χ1n) is 13.4. The van der Waals surface area contributed by atoms with Crippen molar-refractivity contribution >= 4 is 17.5 Å². The molecule has 1 unspecified atom stereocenters. The van der Waals surface area contributed by atoms with Gasteiger partial charge in [0, 0.05) is 18.3 Å². The Bertz CT molecular complexity index is 1520. The number of unbranched alkanes of at least 4 members (excludes halogenated alkanes) is 1. The summed E-state index contributed by atoms with van der Waals surface area (Å²) in [6.07, 6.45) is 3.74. The molecule has 0 bridgehead atoms. The maximum Gasteiger partial charge on any atom is 0.254 e. The number of carbonyl (C=O) groups is 2. The molecule has 0 saturated heterocycles. The maximum atomic E-state index is 14.3. The van der Waals surface area contributed by atoms with E-state index >= 15 is 0 Å². The number of aromatic nitrogens is 1. The minimum Gasteiger partial charge on any atom is -0.454 e. The van der Waals surface area contributed by atoms with Crippen molar-refractivity contribution in [2.45, 2.75) is 32.7 Å². The molecule has 3 aromatic carbocycles. The van der Waals surface area contributed by atoms with Crippen molar-refractivity contribution in [1.29, 1.82) is 0 Å². The summed E-state index contributed by atoms with van der Waals surface area (Å²) < 4.78 is 13.1. The molecule has 0 fully saturated rings. The largest absolute Gasteiger partial charge is 0.454 e. The SMILES string of the molecule is CCCCN(CC(=O)N1c2ccccc2-n2cccc2C1c1ccc(C)cc1)C(=O)c1ccc2c(c1)OCO2. The van der Waals surface area contributed by atoms with Crippen molar-refractivity contribution < 1.29 is 19.1 Å². The monoisotopic (exact) mass is 521 g/mol. The molecule has 2 aliphatic heterocycles. The van der Waals surface area contributed by atoms with E-state index in [9.17, 15) is 9.59 Å². The molecule has 7 heteroatoms. The van der Waals surface area contributed by atoms with E-state index in [1.807, 2.05) is 41.4 Å². The summed E-state index contributed by atoms with van der Waals surface area (Å²) in [7, 11) is 0. The zero-order chi connectivity index (χ0) is 26.9. The second-order valence-corrected chi connectivity index (χ2v) is 10.0. The molecule has 2 aliphatic rings. The number of anilines is 1. The van der Waals surface area contributed by atoms with Crippen molar-refractivity contribution in [3.63, 3.8) is 0 Å². The first-order valence-corrected chi connectivity index (χ1v) is 13.4. The number of ether oxygens (including phenoxy) is 2. The molecule has 198 valence electrons. The van der Waals surface area contributed by atoms with Crippen LogP contribution in [-0.2, 0) is 4.79 Å². The van der Waals surface area contributed by atoms with Gasteiger partial charge in [-0.15, -0.1) is 0 Å². The normalized spacial score (nSPS) is 15.0. The van der Waals surface area contributed by atoms with Gasteiger partial charge in [-0.25, -0.2) is 0 Å². The highest BCUT2D eigenvalue weighted by Crippen LogP contribution is 2.42. The van der Waals surface area contributed by atoms with Crippen molar-refractivity contribution in [3.8, 4) is 17.2 Å². The third kappa shape index (κ3) is 4.54. The highest BCUT2D eigenvalue weighted by Gasteiger charge is 2.37. The van der Waals surface area contributed by atoms with E-state index in [0.717, 1.165) is 41.0 Å². The Balaban J connectivity index is 1.37. The van der Waals surface area contributed by atoms with Gasteiger partial charge < -0.3 is 18.9 Å². The molecule has 1 atom stereocenters. The molecular formula is C32H31N3O4. The first-order chi connectivity index (χ1) is 19.0. The fourth-order valence-corrected chi connectivity index (χ4v) is 5.38. The number of nitrogens with zero attached hydrogens (tertiary/aromatic N) is 3. The van der Waals surface area contributed by atoms with E-state index in [4.69, 9.17) is 9.47 Å². The molecule has 39 heavy (non-hydrogen) atoms. The third-order valence-corrected chi connectivity index (χ3v) is 7.40. The van der Waals surface area contributed by atoms with Gasteiger partial charge in [-0.2, -0.15) is 0 Å². The van der Waals surface area contributed by atoms with Gasteiger partial charge in [-0.1, -0.05) is 55.3 Å². The van der Waals surface area contributed by atoms with E-state index in [-0.39, 0.29) is 31.2 Å². The average Bonchev–Trinajstić information content (AvgIpc) is 3.64. The average molecular weight is 522 g/mol. The lowest BCUT2D eigenvalue weighted by molar-refractivity contribution is -0.119. The number of amides is 2. The van der Waals surface area contributed by atoms with Gasteiger partial charge in [-0.05, 0) is 61.4 Å². The Hall–Kier alpha value is -4.52. The fraction of sp³-hybridized carbons (Fsp3) is 0.250. The molecule has 0 saturated carbocycles. The number of aryl methyl sites for hydroxylation is 1. The van der Waals surface area contributed by atoms with Gasteiger partial charge in [0.15, 0.2) is 11.5 Å². The summed E-state index contributed by atoms with van der Waals surface area (Å²) in [5, 5.41) is 0. The van der Waals surface area contributed by atoms with Gasteiger partial charge in [0.1, 0.15) is 12.6 Å².